The summed E-state index contributed by atoms with van der Waals surface area (Å²) in [7, 11) is 0. The van der Waals surface area contributed by atoms with E-state index in [1.165, 1.54) is 11.8 Å². The van der Waals surface area contributed by atoms with Crippen LogP contribution in [0.1, 0.15) is 31.1 Å². The summed E-state index contributed by atoms with van der Waals surface area (Å²) in [6.45, 7) is 6.20. The number of carbonyl (C=O) groups is 1. The summed E-state index contributed by atoms with van der Waals surface area (Å²) >= 11 is 1.47. The largest absolute Gasteiger partial charge is 0.494 e. The van der Waals surface area contributed by atoms with Gasteiger partial charge in [-0.05, 0) is 38.1 Å². The van der Waals surface area contributed by atoms with Crippen molar-refractivity contribution in [2.75, 3.05) is 12.4 Å². The Hall–Kier alpha value is -1.00. The third-order valence-electron chi connectivity index (χ3n) is 2.64. The van der Waals surface area contributed by atoms with Crippen molar-refractivity contribution in [3.05, 3.63) is 29.8 Å². The van der Waals surface area contributed by atoms with E-state index in [0.29, 0.717) is 17.9 Å². The number of hydrogen-bond donors (Lipinski definition) is 1. The molecular weight excluding hydrogens is 248 g/mol. The van der Waals surface area contributed by atoms with E-state index in [4.69, 9.17) is 4.74 Å². The van der Waals surface area contributed by atoms with E-state index < -0.39 is 6.10 Å². The van der Waals surface area contributed by atoms with Gasteiger partial charge in [0.05, 0.1) is 18.5 Å². The average molecular weight is 268 g/mol. The van der Waals surface area contributed by atoms with Gasteiger partial charge in [0.25, 0.3) is 0 Å². The number of ether oxygens (including phenoxy) is 1. The third-order valence-corrected chi connectivity index (χ3v) is 3.99. The molecule has 1 aromatic carbocycles. The van der Waals surface area contributed by atoms with Gasteiger partial charge in [-0.1, -0.05) is 6.92 Å². The highest BCUT2D eigenvalue weighted by atomic mass is 32.2. The molecule has 0 aromatic heterocycles. The zero-order chi connectivity index (χ0) is 13.5. The number of thioether (sulfide) groups is 1. The Balaban J connectivity index is 2.51. The van der Waals surface area contributed by atoms with Crippen molar-refractivity contribution < 1.29 is 14.6 Å². The van der Waals surface area contributed by atoms with Crippen LogP contribution in [0.4, 0.5) is 0 Å². The number of aliphatic hydroxyl groups excluding tert-OH is 1. The first-order valence-electron chi connectivity index (χ1n) is 6.10. The maximum Gasteiger partial charge on any atom is 0.172 e. The predicted octanol–water partition coefficient (Wildman–Crippen LogP) is 2.77. The number of Topliss-reactive ketones (excluding diaryl/α,β-unsaturated/α-hetero) is 1. The normalized spacial score (nSPS) is 14.0. The van der Waals surface area contributed by atoms with Gasteiger partial charge in [-0.3, -0.25) is 4.79 Å². The number of ketones is 1. The molecule has 1 rings (SSSR count). The standard InChI is InChI=1S/C14H20O3S/c1-4-17-13-7-5-12(6-8-13)14(16)9-18-11(3)10(2)15/h5-8,10-11,15H,4,9H2,1-3H3. The van der Waals surface area contributed by atoms with E-state index >= 15 is 0 Å². The molecule has 100 valence electrons. The van der Waals surface area contributed by atoms with Crippen molar-refractivity contribution in [1.82, 2.24) is 0 Å². The van der Waals surface area contributed by atoms with Crippen molar-refractivity contribution in [2.24, 2.45) is 0 Å². The summed E-state index contributed by atoms with van der Waals surface area (Å²) in [6.07, 6.45) is -0.400. The molecule has 2 unspecified atom stereocenters. The zero-order valence-electron chi connectivity index (χ0n) is 11.1. The van der Waals surface area contributed by atoms with E-state index in [1.807, 2.05) is 13.8 Å². The van der Waals surface area contributed by atoms with Crippen molar-refractivity contribution in [3.63, 3.8) is 0 Å². The summed E-state index contributed by atoms with van der Waals surface area (Å²) < 4.78 is 5.32. The van der Waals surface area contributed by atoms with Crippen LogP contribution >= 0.6 is 11.8 Å². The highest BCUT2D eigenvalue weighted by molar-refractivity contribution is 8.00. The van der Waals surface area contributed by atoms with Gasteiger partial charge in [-0.15, -0.1) is 11.8 Å². The smallest absolute Gasteiger partial charge is 0.172 e. The lowest BCUT2D eigenvalue weighted by molar-refractivity contribution is 0.102. The summed E-state index contributed by atoms with van der Waals surface area (Å²) in [5.41, 5.74) is 0.684. The minimum atomic E-state index is -0.400. The molecule has 1 N–H and O–H groups in total. The van der Waals surface area contributed by atoms with E-state index in [2.05, 4.69) is 0 Å². The molecule has 0 aliphatic heterocycles. The molecule has 1 aromatic rings. The molecule has 0 aliphatic rings. The molecule has 0 bridgehead atoms. The maximum atomic E-state index is 11.9. The van der Waals surface area contributed by atoms with Crippen LogP contribution in [0.5, 0.6) is 5.75 Å². The van der Waals surface area contributed by atoms with Crippen molar-refractivity contribution in [3.8, 4) is 5.75 Å². The summed E-state index contributed by atoms with van der Waals surface area (Å²) in [6, 6.07) is 7.17. The second-order valence-electron chi connectivity index (χ2n) is 4.14. The Kier molecular flexibility index (Phi) is 6.22. The molecule has 2 atom stereocenters. The Morgan fingerprint density at radius 1 is 1.33 bits per heavy atom. The molecule has 0 radical (unpaired) electrons. The number of benzene rings is 1. The van der Waals surface area contributed by atoms with E-state index in [9.17, 15) is 9.90 Å². The van der Waals surface area contributed by atoms with Crippen molar-refractivity contribution in [1.29, 1.82) is 0 Å². The molecule has 0 fully saturated rings. The van der Waals surface area contributed by atoms with Gasteiger partial charge in [-0.2, -0.15) is 0 Å². The predicted molar refractivity (Wildman–Crippen MR) is 75.5 cm³/mol. The topological polar surface area (TPSA) is 46.5 Å². The fourth-order valence-electron chi connectivity index (χ4n) is 1.33. The quantitative estimate of drug-likeness (QED) is 0.772. The van der Waals surface area contributed by atoms with Gasteiger partial charge in [-0.25, -0.2) is 0 Å². The maximum absolute atomic E-state index is 11.9. The van der Waals surface area contributed by atoms with E-state index in [0.717, 1.165) is 5.75 Å². The first-order valence-corrected chi connectivity index (χ1v) is 7.15. The molecule has 0 heterocycles. The molecule has 0 saturated heterocycles. The fourth-order valence-corrected chi connectivity index (χ4v) is 2.19. The first kappa shape index (κ1) is 15.1. The second-order valence-corrected chi connectivity index (χ2v) is 5.50. The first-order chi connectivity index (χ1) is 8.54. The number of carbonyl (C=O) groups excluding carboxylic acids is 1. The third kappa shape index (κ3) is 4.70. The Bertz CT molecular complexity index is 373. The van der Waals surface area contributed by atoms with Crippen LogP contribution in [0.2, 0.25) is 0 Å². The van der Waals surface area contributed by atoms with Gasteiger partial charge in [0.2, 0.25) is 0 Å². The van der Waals surface area contributed by atoms with Crippen LogP contribution in [0, 0.1) is 0 Å². The number of rotatable bonds is 7. The molecule has 0 spiro atoms. The van der Waals surface area contributed by atoms with E-state index in [1.54, 1.807) is 31.2 Å². The van der Waals surface area contributed by atoms with Crippen molar-refractivity contribution in [2.45, 2.75) is 32.1 Å². The molecule has 0 aliphatic carbocycles. The Morgan fingerprint density at radius 2 is 1.94 bits per heavy atom. The lowest BCUT2D eigenvalue weighted by atomic mass is 10.1. The van der Waals surface area contributed by atoms with Crippen LogP contribution in [-0.4, -0.2) is 34.6 Å². The highest BCUT2D eigenvalue weighted by Gasteiger charge is 2.13. The van der Waals surface area contributed by atoms with Crippen LogP contribution < -0.4 is 4.74 Å². The van der Waals surface area contributed by atoms with Gasteiger partial charge < -0.3 is 9.84 Å². The summed E-state index contributed by atoms with van der Waals surface area (Å²) in [5, 5.41) is 9.42. The van der Waals surface area contributed by atoms with Gasteiger partial charge in [0, 0.05) is 10.8 Å². The molecule has 18 heavy (non-hydrogen) atoms. The molecule has 0 amide bonds. The van der Waals surface area contributed by atoms with Gasteiger partial charge >= 0.3 is 0 Å². The molecular formula is C14H20O3S. The SMILES string of the molecule is CCOc1ccc(C(=O)CSC(C)C(C)O)cc1. The van der Waals surface area contributed by atoms with Crippen LogP contribution in [0.15, 0.2) is 24.3 Å². The van der Waals surface area contributed by atoms with Gasteiger partial charge in [0.15, 0.2) is 5.78 Å². The van der Waals surface area contributed by atoms with Crippen LogP contribution in [0.25, 0.3) is 0 Å². The van der Waals surface area contributed by atoms with Crippen molar-refractivity contribution >= 4 is 17.5 Å². The molecule has 0 saturated carbocycles. The zero-order valence-corrected chi connectivity index (χ0v) is 11.9. The lowest BCUT2D eigenvalue weighted by Gasteiger charge is -2.13. The minimum absolute atomic E-state index is 0.0663. The summed E-state index contributed by atoms with van der Waals surface area (Å²) in [5.74, 6) is 1.25. The van der Waals surface area contributed by atoms with E-state index in [-0.39, 0.29) is 11.0 Å². The second kappa shape index (κ2) is 7.44. The average Bonchev–Trinajstić information content (AvgIpc) is 2.36. The van der Waals surface area contributed by atoms with Crippen LogP contribution in [-0.2, 0) is 0 Å². The number of aliphatic hydroxyl groups is 1. The highest BCUT2D eigenvalue weighted by Crippen LogP contribution is 2.18. The van der Waals surface area contributed by atoms with Gasteiger partial charge in [0.1, 0.15) is 5.75 Å². The summed E-state index contributed by atoms with van der Waals surface area (Å²) in [4.78, 5) is 11.9. The Labute approximate surface area is 113 Å². The van der Waals surface area contributed by atoms with Crippen LogP contribution in [0.3, 0.4) is 0 Å². The Morgan fingerprint density at radius 3 is 2.44 bits per heavy atom. The minimum Gasteiger partial charge on any atom is -0.494 e. The molecule has 4 heteroatoms. The monoisotopic (exact) mass is 268 g/mol. The molecule has 3 nitrogen and oxygen atoms in total. The lowest BCUT2D eigenvalue weighted by Crippen LogP contribution is -2.17. The fraction of sp³-hybridized carbons (Fsp3) is 0.500. The number of hydrogen-bond acceptors (Lipinski definition) is 4.